The molecular weight excluding hydrogens is 266 g/mol. The average Bonchev–Trinajstić information content (AvgIpc) is 2.89. The number of fused-ring (bicyclic) bond motifs is 1. The minimum absolute atomic E-state index is 0.437. The number of nitrogens with zero attached hydrogens (tertiary/aromatic N) is 3. The van der Waals surface area contributed by atoms with Gasteiger partial charge in [0.15, 0.2) is 0 Å². The summed E-state index contributed by atoms with van der Waals surface area (Å²) in [5.74, 6) is -0.741. The van der Waals surface area contributed by atoms with Crippen molar-refractivity contribution in [2.24, 2.45) is 7.05 Å². The van der Waals surface area contributed by atoms with Crippen LogP contribution < -0.4 is 0 Å². The van der Waals surface area contributed by atoms with Crippen LogP contribution in [0.2, 0.25) is 0 Å². The third-order valence-corrected chi connectivity index (χ3v) is 4.21. The number of carboxylic acids is 1. The molecule has 1 aliphatic heterocycles. The maximum atomic E-state index is 11.5. The fourth-order valence-corrected chi connectivity index (χ4v) is 2.96. The van der Waals surface area contributed by atoms with E-state index in [1.54, 1.807) is 6.20 Å². The molecular formula is C16H19N3O2. The van der Waals surface area contributed by atoms with E-state index in [2.05, 4.69) is 16.1 Å². The number of hydrogen-bond donors (Lipinski definition) is 1. The number of benzene rings is 1. The second kappa shape index (κ2) is 5.69. The first-order valence-corrected chi connectivity index (χ1v) is 7.15. The number of hydrogen-bond acceptors (Lipinski definition) is 3. The Balaban J connectivity index is 1.76. The van der Waals surface area contributed by atoms with Gasteiger partial charge in [0.05, 0.1) is 0 Å². The highest BCUT2D eigenvalue weighted by molar-refractivity contribution is 5.74. The summed E-state index contributed by atoms with van der Waals surface area (Å²) in [4.78, 5) is 13.6. The van der Waals surface area contributed by atoms with Crippen molar-refractivity contribution in [2.45, 2.75) is 25.4 Å². The van der Waals surface area contributed by atoms with Crippen molar-refractivity contribution in [3.05, 3.63) is 53.3 Å². The largest absolute Gasteiger partial charge is 0.480 e. The van der Waals surface area contributed by atoms with Crippen LogP contribution in [0.1, 0.15) is 16.8 Å². The molecule has 21 heavy (non-hydrogen) atoms. The average molecular weight is 285 g/mol. The summed E-state index contributed by atoms with van der Waals surface area (Å²) in [5, 5.41) is 13.6. The zero-order chi connectivity index (χ0) is 14.8. The van der Waals surface area contributed by atoms with Crippen LogP contribution in [0.4, 0.5) is 0 Å². The lowest BCUT2D eigenvalue weighted by molar-refractivity contribution is -0.143. The lowest BCUT2D eigenvalue weighted by Gasteiger charge is -2.34. The van der Waals surface area contributed by atoms with Crippen LogP contribution in [-0.4, -0.2) is 38.3 Å². The molecule has 0 fully saturated rings. The van der Waals surface area contributed by atoms with Gasteiger partial charge in [0.25, 0.3) is 0 Å². The Morgan fingerprint density at radius 3 is 2.76 bits per heavy atom. The Bertz CT molecular complexity index is 650. The number of aliphatic carboxylic acids is 1. The first-order chi connectivity index (χ1) is 10.1. The van der Waals surface area contributed by atoms with Crippen LogP contribution in [0.5, 0.6) is 0 Å². The zero-order valence-corrected chi connectivity index (χ0v) is 12.1. The summed E-state index contributed by atoms with van der Waals surface area (Å²) in [6, 6.07) is 9.65. The monoisotopic (exact) mass is 285 g/mol. The van der Waals surface area contributed by atoms with Crippen molar-refractivity contribution in [3.63, 3.8) is 0 Å². The first kappa shape index (κ1) is 13.8. The van der Waals surface area contributed by atoms with Gasteiger partial charge in [0.2, 0.25) is 0 Å². The van der Waals surface area contributed by atoms with E-state index >= 15 is 0 Å². The topological polar surface area (TPSA) is 58.4 Å². The molecule has 0 saturated heterocycles. The van der Waals surface area contributed by atoms with E-state index < -0.39 is 12.0 Å². The van der Waals surface area contributed by atoms with E-state index in [0.717, 1.165) is 24.2 Å². The molecule has 5 nitrogen and oxygen atoms in total. The summed E-state index contributed by atoms with van der Waals surface area (Å²) in [5.41, 5.74) is 3.51. The molecule has 0 bridgehead atoms. The molecule has 5 heteroatoms. The summed E-state index contributed by atoms with van der Waals surface area (Å²) in [6.45, 7) is 1.43. The molecule has 0 spiro atoms. The van der Waals surface area contributed by atoms with Crippen molar-refractivity contribution in [3.8, 4) is 0 Å². The summed E-state index contributed by atoms with van der Waals surface area (Å²) < 4.78 is 1.84. The number of aryl methyl sites for hydroxylation is 1. The van der Waals surface area contributed by atoms with Crippen molar-refractivity contribution >= 4 is 5.97 Å². The van der Waals surface area contributed by atoms with Crippen LogP contribution in [0, 0.1) is 0 Å². The Morgan fingerprint density at radius 2 is 2.10 bits per heavy atom. The molecule has 1 atom stereocenters. The van der Waals surface area contributed by atoms with E-state index in [-0.39, 0.29) is 0 Å². The van der Waals surface area contributed by atoms with Crippen molar-refractivity contribution in [2.75, 3.05) is 6.54 Å². The molecule has 0 amide bonds. The Kier molecular flexibility index (Phi) is 3.75. The Morgan fingerprint density at radius 1 is 1.33 bits per heavy atom. The van der Waals surface area contributed by atoms with E-state index in [4.69, 9.17) is 0 Å². The smallest absolute Gasteiger partial charge is 0.321 e. The molecule has 0 radical (unpaired) electrons. The predicted molar refractivity (Wildman–Crippen MR) is 78.9 cm³/mol. The zero-order valence-electron chi connectivity index (χ0n) is 12.1. The SMILES string of the molecule is Cn1nccc1CCN1Cc2ccccc2CC1C(=O)O. The second-order valence-corrected chi connectivity index (χ2v) is 5.49. The van der Waals surface area contributed by atoms with Crippen LogP contribution >= 0.6 is 0 Å². The minimum atomic E-state index is -0.741. The fourth-order valence-electron chi connectivity index (χ4n) is 2.96. The highest BCUT2D eigenvalue weighted by Crippen LogP contribution is 2.23. The molecule has 110 valence electrons. The summed E-state index contributed by atoms with van der Waals surface area (Å²) in [7, 11) is 1.91. The fraction of sp³-hybridized carbons (Fsp3) is 0.375. The van der Waals surface area contributed by atoms with E-state index in [0.29, 0.717) is 13.0 Å². The number of rotatable bonds is 4. The third kappa shape index (κ3) is 2.83. The Labute approximate surface area is 123 Å². The van der Waals surface area contributed by atoms with Gasteiger partial charge >= 0.3 is 5.97 Å². The lowest BCUT2D eigenvalue weighted by Crippen LogP contribution is -2.46. The number of carboxylic acid groups (broad SMARTS) is 1. The standard InChI is InChI=1S/C16H19N3O2/c1-18-14(6-8-17-18)7-9-19-11-13-5-3-2-4-12(13)10-15(19)16(20)21/h2-6,8,15H,7,9-11H2,1H3,(H,20,21). The molecule has 2 heterocycles. The lowest BCUT2D eigenvalue weighted by atomic mass is 9.94. The molecule has 2 aromatic rings. The maximum absolute atomic E-state index is 11.5. The van der Waals surface area contributed by atoms with Gasteiger partial charge in [-0.15, -0.1) is 0 Å². The highest BCUT2D eigenvalue weighted by Gasteiger charge is 2.30. The Hall–Kier alpha value is -2.14. The first-order valence-electron chi connectivity index (χ1n) is 7.15. The van der Waals surface area contributed by atoms with Crippen LogP contribution in [0.3, 0.4) is 0 Å². The second-order valence-electron chi connectivity index (χ2n) is 5.49. The van der Waals surface area contributed by atoms with Gasteiger partial charge in [0, 0.05) is 38.4 Å². The molecule has 1 aromatic carbocycles. The van der Waals surface area contributed by atoms with Crippen molar-refractivity contribution in [1.29, 1.82) is 0 Å². The molecule has 0 saturated carbocycles. The molecule has 0 aliphatic carbocycles. The molecule has 1 aromatic heterocycles. The van der Waals surface area contributed by atoms with Gasteiger partial charge in [-0.2, -0.15) is 5.10 Å². The molecule has 1 aliphatic rings. The van der Waals surface area contributed by atoms with Gasteiger partial charge < -0.3 is 5.11 Å². The summed E-state index contributed by atoms with van der Waals surface area (Å²) in [6.07, 6.45) is 3.16. The summed E-state index contributed by atoms with van der Waals surface area (Å²) >= 11 is 0. The number of aromatic nitrogens is 2. The molecule has 1 N–H and O–H groups in total. The van der Waals surface area contributed by atoms with E-state index in [9.17, 15) is 9.90 Å². The van der Waals surface area contributed by atoms with Gasteiger partial charge in [-0.1, -0.05) is 24.3 Å². The maximum Gasteiger partial charge on any atom is 0.321 e. The number of carbonyl (C=O) groups is 1. The normalized spacial score (nSPS) is 18.4. The molecule has 1 unspecified atom stereocenters. The quantitative estimate of drug-likeness (QED) is 0.924. The molecule has 3 rings (SSSR count). The van der Waals surface area contributed by atoms with Crippen LogP contribution in [0.15, 0.2) is 36.5 Å². The highest BCUT2D eigenvalue weighted by atomic mass is 16.4. The van der Waals surface area contributed by atoms with Gasteiger partial charge in [-0.3, -0.25) is 14.4 Å². The van der Waals surface area contributed by atoms with Crippen molar-refractivity contribution in [1.82, 2.24) is 14.7 Å². The van der Waals surface area contributed by atoms with E-state index in [1.807, 2.05) is 36.0 Å². The van der Waals surface area contributed by atoms with Crippen LogP contribution in [-0.2, 0) is 31.2 Å². The minimum Gasteiger partial charge on any atom is -0.480 e. The van der Waals surface area contributed by atoms with Gasteiger partial charge in [0.1, 0.15) is 6.04 Å². The van der Waals surface area contributed by atoms with E-state index in [1.165, 1.54) is 5.56 Å². The van der Waals surface area contributed by atoms with Gasteiger partial charge in [-0.05, 0) is 23.6 Å². The van der Waals surface area contributed by atoms with Gasteiger partial charge in [-0.25, -0.2) is 0 Å². The predicted octanol–water partition coefficient (Wildman–Crippen LogP) is 1.47. The van der Waals surface area contributed by atoms with Crippen molar-refractivity contribution < 1.29 is 9.90 Å². The van der Waals surface area contributed by atoms with Crippen LogP contribution in [0.25, 0.3) is 0 Å². The third-order valence-electron chi connectivity index (χ3n) is 4.21.